The smallest absolute Gasteiger partial charge is 0.256 e. The van der Waals surface area contributed by atoms with E-state index in [-0.39, 0.29) is 5.91 Å². The lowest BCUT2D eigenvalue weighted by Gasteiger charge is -2.05. The van der Waals surface area contributed by atoms with Gasteiger partial charge in [0.05, 0.1) is 11.3 Å². The van der Waals surface area contributed by atoms with E-state index in [0.29, 0.717) is 5.56 Å². The average molecular weight is 325 g/mol. The minimum absolute atomic E-state index is 0.0869. The van der Waals surface area contributed by atoms with Gasteiger partial charge in [0.2, 0.25) is 0 Å². The molecule has 1 heterocycles. The zero-order chi connectivity index (χ0) is 11.4. The Balaban J connectivity index is 2.19. The largest absolute Gasteiger partial charge is 0.322 e. The fourth-order valence-corrected chi connectivity index (χ4v) is 1.95. The molecule has 0 bridgehead atoms. The number of carbonyl (C=O) groups is 1. The number of carbonyl (C=O) groups excluding carboxylic acids is 1. The van der Waals surface area contributed by atoms with E-state index in [1.165, 1.54) is 0 Å². The molecule has 0 saturated heterocycles. The summed E-state index contributed by atoms with van der Waals surface area (Å²) in [7, 11) is 0. The number of benzene rings is 1. The number of hydrogen-bond donors (Lipinski definition) is 1. The average Bonchev–Trinajstić information content (AvgIpc) is 2.31. The zero-order valence-electron chi connectivity index (χ0n) is 8.41. The Kier molecular flexibility index (Phi) is 3.51. The fourth-order valence-electron chi connectivity index (χ4n) is 1.31. The Morgan fingerprint density at radius 2 is 1.81 bits per heavy atom. The lowest BCUT2D eigenvalue weighted by molar-refractivity contribution is -0.377. The van der Waals surface area contributed by atoms with Crippen LogP contribution in [0.2, 0.25) is 0 Å². The van der Waals surface area contributed by atoms with Crippen LogP contribution < -0.4 is 10.3 Å². The molecular weight excluding hydrogens is 315 g/mol. The molecule has 1 aromatic carbocycles. The molecule has 2 N–H and O–H groups in total. The van der Waals surface area contributed by atoms with E-state index in [4.69, 9.17) is 0 Å². The summed E-state index contributed by atoms with van der Waals surface area (Å²) < 4.78 is 0.945. The van der Waals surface area contributed by atoms with Gasteiger partial charge in [-0.3, -0.25) is 4.79 Å². The summed E-state index contributed by atoms with van der Waals surface area (Å²) in [6, 6.07) is 11.1. The van der Waals surface area contributed by atoms with E-state index < -0.39 is 0 Å². The number of rotatable bonds is 2. The van der Waals surface area contributed by atoms with E-state index in [2.05, 4.69) is 32.9 Å². The third-order valence-corrected chi connectivity index (χ3v) is 3.04. The molecule has 4 heteroatoms. The number of H-pyrrole nitrogens is 1. The Bertz CT molecular complexity index is 499. The molecule has 0 atom stereocenters. The molecule has 0 radical (unpaired) electrons. The van der Waals surface area contributed by atoms with Crippen molar-refractivity contribution < 1.29 is 9.78 Å². The highest BCUT2D eigenvalue weighted by atomic mass is 127. The van der Waals surface area contributed by atoms with Crippen molar-refractivity contribution in [2.45, 2.75) is 0 Å². The maximum Gasteiger partial charge on any atom is 0.256 e. The van der Waals surface area contributed by atoms with Gasteiger partial charge in [-0.05, 0) is 34.7 Å². The molecule has 1 amide bonds. The minimum atomic E-state index is -0.0869. The first kappa shape index (κ1) is 11.1. The first-order valence-corrected chi connectivity index (χ1v) is 5.87. The van der Waals surface area contributed by atoms with Gasteiger partial charge >= 0.3 is 0 Å². The second-order valence-corrected chi connectivity index (χ2v) is 4.38. The van der Waals surface area contributed by atoms with Crippen molar-refractivity contribution in [3.05, 3.63) is 57.9 Å². The van der Waals surface area contributed by atoms with Gasteiger partial charge in [-0.15, -0.1) is 0 Å². The van der Waals surface area contributed by atoms with Crippen LogP contribution in [-0.4, -0.2) is 5.91 Å². The van der Waals surface area contributed by atoms with E-state index in [0.717, 1.165) is 9.26 Å². The summed E-state index contributed by atoms with van der Waals surface area (Å²) in [5, 5.41) is 2.84. The second-order valence-electron chi connectivity index (χ2n) is 3.22. The normalized spacial score (nSPS) is 9.81. The molecule has 16 heavy (non-hydrogen) atoms. The molecule has 80 valence electrons. The van der Waals surface area contributed by atoms with Crippen LogP contribution in [0, 0.1) is 3.57 Å². The van der Waals surface area contributed by atoms with Crippen molar-refractivity contribution in [3.63, 3.8) is 0 Å². The van der Waals surface area contributed by atoms with Crippen LogP contribution >= 0.6 is 22.6 Å². The summed E-state index contributed by atoms with van der Waals surface area (Å²) in [5.41, 5.74) is 1.47. The van der Waals surface area contributed by atoms with Crippen molar-refractivity contribution in [1.29, 1.82) is 0 Å². The molecule has 0 aliphatic rings. The standard InChI is InChI=1S/C12H9IN2O/c13-11-4-2-1-3-10(11)12(16)15-9-5-7-14-8-6-9/h1-8H,(H,14,15,16)/p+1. The Hall–Kier alpha value is -1.43. The number of halogens is 1. The number of nitrogens with one attached hydrogen (secondary N) is 2. The van der Waals surface area contributed by atoms with Crippen LogP contribution in [-0.2, 0) is 0 Å². The fraction of sp³-hybridized carbons (Fsp3) is 0. The number of pyridine rings is 1. The van der Waals surface area contributed by atoms with Gasteiger partial charge in [-0.2, -0.15) is 0 Å². The van der Waals surface area contributed by atoms with Crippen LogP contribution in [0.3, 0.4) is 0 Å². The summed E-state index contributed by atoms with van der Waals surface area (Å²) in [6.07, 6.45) is 3.54. The van der Waals surface area contributed by atoms with E-state index in [1.54, 1.807) is 12.4 Å². The molecule has 0 saturated carbocycles. The SMILES string of the molecule is O=C(Nc1cc[nH+]cc1)c1ccccc1I. The third kappa shape index (κ3) is 2.57. The first-order chi connectivity index (χ1) is 7.77. The Labute approximate surface area is 107 Å². The molecule has 2 rings (SSSR count). The number of amides is 1. The van der Waals surface area contributed by atoms with Gasteiger partial charge in [0.25, 0.3) is 5.91 Å². The first-order valence-electron chi connectivity index (χ1n) is 4.79. The van der Waals surface area contributed by atoms with Crippen LogP contribution in [0.25, 0.3) is 0 Å². The maximum absolute atomic E-state index is 11.9. The van der Waals surface area contributed by atoms with Crippen molar-refractivity contribution in [3.8, 4) is 0 Å². The molecule has 0 spiro atoms. The summed E-state index contributed by atoms with van der Waals surface area (Å²) in [5.74, 6) is -0.0869. The van der Waals surface area contributed by atoms with Crippen LogP contribution in [0.4, 0.5) is 5.69 Å². The van der Waals surface area contributed by atoms with Gasteiger partial charge in [-0.25, -0.2) is 4.98 Å². The lowest BCUT2D eigenvalue weighted by Crippen LogP contribution is -2.14. The number of hydrogen-bond acceptors (Lipinski definition) is 1. The van der Waals surface area contributed by atoms with Gasteiger partial charge < -0.3 is 5.32 Å². The molecule has 0 aliphatic carbocycles. The summed E-state index contributed by atoms with van der Waals surface area (Å²) in [4.78, 5) is 14.8. The molecular formula is C12H10IN2O+. The molecule has 0 aliphatic heterocycles. The Morgan fingerprint density at radius 1 is 1.12 bits per heavy atom. The van der Waals surface area contributed by atoms with E-state index >= 15 is 0 Å². The lowest BCUT2D eigenvalue weighted by atomic mass is 10.2. The molecule has 0 unspecified atom stereocenters. The van der Waals surface area contributed by atoms with Crippen LogP contribution in [0.15, 0.2) is 48.8 Å². The molecule has 2 aromatic rings. The van der Waals surface area contributed by atoms with Crippen molar-refractivity contribution in [1.82, 2.24) is 0 Å². The second kappa shape index (κ2) is 5.07. The van der Waals surface area contributed by atoms with Gasteiger partial charge in [0.15, 0.2) is 12.4 Å². The highest BCUT2D eigenvalue weighted by Crippen LogP contribution is 2.13. The summed E-state index contributed by atoms with van der Waals surface area (Å²) in [6.45, 7) is 0. The summed E-state index contributed by atoms with van der Waals surface area (Å²) >= 11 is 2.15. The minimum Gasteiger partial charge on any atom is -0.322 e. The highest BCUT2D eigenvalue weighted by Gasteiger charge is 2.09. The van der Waals surface area contributed by atoms with Crippen molar-refractivity contribution >= 4 is 34.2 Å². The highest BCUT2D eigenvalue weighted by molar-refractivity contribution is 14.1. The van der Waals surface area contributed by atoms with E-state index in [1.807, 2.05) is 36.4 Å². The quantitative estimate of drug-likeness (QED) is 0.847. The molecule has 3 nitrogen and oxygen atoms in total. The predicted molar refractivity (Wildman–Crippen MR) is 70.1 cm³/mol. The molecule has 0 fully saturated rings. The van der Waals surface area contributed by atoms with Crippen molar-refractivity contribution in [2.24, 2.45) is 0 Å². The predicted octanol–water partition coefficient (Wildman–Crippen LogP) is 2.36. The van der Waals surface area contributed by atoms with Gasteiger partial charge in [0.1, 0.15) is 0 Å². The molecule has 1 aromatic heterocycles. The maximum atomic E-state index is 11.9. The van der Waals surface area contributed by atoms with Gasteiger partial charge in [0, 0.05) is 15.7 Å². The number of aromatic nitrogens is 1. The van der Waals surface area contributed by atoms with Crippen LogP contribution in [0.5, 0.6) is 0 Å². The number of anilines is 1. The zero-order valence-corrected chi connectivity index (χ0v) is 10.6. The monoisotopic (exact) mass is 325 g/mol. The Morgan fingerprint density at radius 3 is 2.50 bits per heavy atom. The van der Waals surface area contributed by atoms with Crippen molar-refractivity contribution in [2.75, 3.05) is 5.32 Å². The topological polar surface area (TPSA) is 43.2 Å². The number of aromatic amines is 1. The van der Waals surface area contributed by atoms with Crippen LogP contribution in [0.1, 0.15) is 10.4 Å². The van der Waals surface area contributed by atoms with Gasteiger partial charge in [-0.1, -0.05) is 12.1 Å². The van der Waals surface area contributed by atoms with E-state index in [9.17, 15) is 4.79 Å². The third-order valence-electron chi connectivity index (χ3n) is 2.09.